The molecular formula is C16H25FN2. The van der Waals surface area contributed by atoms with Crippen molar-refractivity contribution in [2.75, 3.05) is 26.2 Å². The normalized spacial score (nSPS) is 22.5. The molecule has 0 saturated heterocycles. The summed E-state index contributed by atoms with van der Waals surface area (Å²) in [5.74, 6) is 0.428. The number of nitrogens with one attached hydrogen (secondary N) is 1. The van der Waals surface area contributed by atoms with E-state index in [4.69, 9.17) is 0 Å². The van der Waals surface area contributed by atoms with Crippen LogP contribution in [0.3, 0.4) is 0 Å². The molecule has 1 aromatic rings. The Morgan fingerprint density at radius 2 is 2.00 bits per heavy atom. The van der Waals surface area contributed by atoms with E-state index in [0.717, 1.165) is 44.6 Å². The number of halogens is 1. The van der Waals surface area contributed by atoms with Crippen molar-refractivity contribution in [3.63, 3.8) is 0 Å². The van der Waals surface area contributed by atoms with Crippen molar-refractivity contribution >= 4 is 0 Å². The first kappa shape index (κ1) is 14.5. The lowest BCUT2D eigenvalue weighted by Crippen LogP contribution is -2.43. The van der Waals surface area contributed by atoms with Crippen molar-refractivity contribution in [3.05, 3.63) is 35.6 Å². The minimum absolute atomic E-state index is 0.115. The molecule has 106 valence electrons. The number of rotatable bonds is 7. The molecule has 1 aliphatic carbocycles. The summed E-state index contributed by atoms with van der Waals surface area (Å²) in [6.07, 6.45) is 2.28. The minimum Gasteiger partial charge on any atom is -0.313 e. The van der Waals surface area contributed by atoms with Crippen LogP contribution in [0.5, 0.6) is 0 Å². The molecule has 0 amide bonds. The van der Waals surface area contributed by atoms with Crippen LogP contribution < -0.4 is 5.32 Å². The average Bonchev–Trinajstić information content (AvgIpc) is 2.36. The predicted molar refractivity (Wildman–Crippen MR) is 78.0 cm³/mol. The molecule has 1 aliphatic rings. The zero-order valence-electron chi connectivity index (χ0n) is 12.0. The first-order chi connectivity index (χ1) is 9.22. The van der Waals surface area contributed by atoms with Gasteiger partial charge in [-0.25, -0.2) is 4.39 Å². The smallest absolute Gasteiger partial charge is 0.123 e. The Hall–Kier alpha value is -0.930. The molecule has 1 saturated carbocycles. The first-order valence-corrected chi connectivity index (χ1v) is 7.44. The molecule has 0 spiro atoms. The van der Waals surface area contributed by atoms with Gasteiger partial charge in [0.15, 0.2) is 0 Å². The number of benzene rings is 1. The van der Waals surface area contributed by atoms with Crippen LogP contribution in [0.15, 0.2) is 24.3 Å². The first-order valence-electron chi connectivity index (χ1n) is 7.44. The second-order valence-corrected chi connectivity index (χ2v) is 5.40. The lowest BCUT2D eigenvalue weighted by atomic mass is 9.76. The molecule has 2 rings (SSSR count). The summed E-state index contributed by atoms with van der Waals surface area (Å²) in [6, 6.07) is 7.66. The molecule has 1 fully saturated rings. The Morgan fingerprint density at radius 3 is 2.63 bits per heavy atom. The largest absolute Gasteiger partial charge is 0.313 e. The van der Waals surface area contributed by atoms with E-state index in [0.29, 0.717) is 12.0 Å². The molecule has 0 atom stereocenters. The zero-order valence-corrected chi connectivity index (χ0v) is 12.0. The third kappa shape index (κ3) is 4.02. The highest BCUT2D eigenvalue weighted by Crippen LogP contribution is 2.36. The van der Waals surface area contributed by atoms with Crippen LogP contribution in [0, 0.1) is 5.82 Å². The highest BCUT2D eigenvalue weighted by molar-refractivity contribution is 5.23. The Bertz CT molecular complexity index is 384. The summed E-state index contributed by atoms with van der Waals surface area (Å²) in [6.45, 7) is 8.82. The van der Waals surface area contributed by atoms with Gasteiger partial charge < -0.3 is 10.2 Å². The highest BCUT2D eigenvalue weighted by Gasteiger charge is 2.29. The number of hydrogen-bond acceptors (Lipinski definition) is 2. The maximum atomic E-state index is 13.1. The second kappa shape index (κ2) is 7.01. The van der Waals surface area contributed by atoms with E-state index < -0.39 is 0 Å². The summed E-state index contributed by atoms with van der Waals surface area (Å²) in [7, 11) is 0. The molecular weight excluding hydrogens is 239 g/mol. The van der Waals surface area contributed by atoms with Crippen molar-refractivity contribution < 1.29 is 4.39 Å². The van der Waals surface area contributed by atoms with Gasteiger partial charge >= 0.3 is 0 Å². The van der Waals surface area contributed by atoms with E-state index >= 15 is 0 Å². The van der Waals surface area contributed by atoms with Gasteiger partial charge in [0.05, 0.1) is 0 Å². The Morgan fingerprint density at radius 1 is 1.26 bits per heavy atom. The van der Waals surface area contributed by atoms with E-state index in [-0.39, 0.29) is 5.82 Å². The molecule has 0 bridgehead atoms. The second-order valence-electron chi connectivity index (χ2n) is 5.40. The van der Waals surface area contributed by atoms with E-state index in [9.17, 15) is 4.39 Å². The van der Waals surface area contributed by atoms with Gasteiger partial charge in [-0.3, -0.25) is 0 Å². The summed E-state index contributed by atoms with van der Waals surface area (Å²) in [5.41, 5.74) is 1.15. The fraction of sp³-hybridized carbons (Fsp3) is 0.625. The van der Waals surface area contributed by atoms with Gasteiger partial charge in [0.1, 0.15) is 5.82 Å². The maximum Gasteiger partial charge on any atom is 0.123 e. The molecule has 1 N–H and O–H groups in total. The van der Waals surface area contributed by atoms with Gasteiger partial charge in [-0.1, -0.05) is 26.0 Å². The van der Waals surface area contributed by atoms with Crippen LogP contribution >= 0.6 is 0 Å². The van der Waals surface area contributed by atoms with E-state index in [2.05, 4.69) is 24.1 Å². The number of likely N-dealkylation sites (N-methyl/N-ethyl adjacent to an activating group) is 1. The van der Waals surface area contributed by atoms with Crippen LogP contribution in [-0.4, -0.2) is 37.1 Å². The SMILES string of the molecule is CCN(CC)CCNC1CC(c2cccc(F)c2)C1. The summed E-state index contributed by atoms with van der Waals surface area (Å²) in [5, 5.41) is 3.60. The summed E-state index contributed by atoms with van der Waals surface area (Å²) in [4.78, 5) is 2.43. The van der Waals surface area contributed by atoms with Gasteiger partial charge in [0.2, 0.25) is 0 Å². The van der Waals surface area contributed by atoms with Crippen LogP contribution in [0.2, 0.25) is 0 Å². The molecule has 0 aliphatic heterocycles. The Kier molecular flexibility index (Phi) is 5.34. The van der Waals surface area contributed by atoms with Crippen molar-refractivity contribution in [3.8, 4) is 0 Å². The third-order valence-corrected chi connectivity index (χ3v) is 4.21. The third-order valence-electron chi connectivity index (χ3n) is 4.21. The molecule has 0 unspecified atom stereocenters. The standard InChI is InChI=1S/C16H25FN2/c1-3-19(4-2)9-8-18-16-11-14(12-16)13-6-5-7-15(17)10-13/h5-7,10,14,16,18H,3-4,8-9,11-12H2,1-2H3. The lowest BCUT2D eigenvalue weighted by Gasteiger charge is -2.37. The molecule has 3 heteroatoms. The van der Waals surface area contributed by atoms with Crippen molar-refractivity contribution in [2.45, 2.75) is 38.6 Å². The topological polar surface area (TPSA) is 15.3 Å². The van der Waals surface area contributed by atoms with E-state index in [1.807, 2.05) is 12.1 Å². The van der Waals surface area contributed by atoms with Crippen molar-refractivity contribution in [1.29, 1.82) is 0 Å². The Balaban J connectivity index is 1.66. The quantitative estimate of drug-likeness (QED) is 0.814. The highest BCUT2D eigenvalue weighted by atomic mass is 19.1. The van der Waals surface area contributed by atoms with Gasteiger partial charge in [0.25, 0.3) is 0 Å². The fourth-order valence-corrected chi connectivity index (χ4v) is 2.78. The van der Waals surface area contributed by atoms with Crippen LogP contribution in [0.4, 0.5) is 4.39 Å². The van der Waals surface area contributed by atoms with Crippen molar-refractivity contribution in [1.82, 2.24) is 10.2 Å². The molecule has 1 aromatic carbocycles. The van der Waals surface area contributed by atoms with Crippen LogP contribution in [0.25, 0.3) is 0 Å². The van der Waals surface area contributed by atoms with E-state index in [1.54, 1.807) is 6.07 Å². The number of hydrogen-bond donors (Lipinski definition) is 1. The number of nitrogens with zero attached hydrogens (tertiary/aromatic N) is 1. The van der Waals surface area contributed by atoms with Gasteiger partial charge in [-0.05, 0) is 49.5 Å². The minimum atomic E-state index is -0.115. The average molecular weight is 264 g/mol. The molecule has 0 aromatic heterocycles. The Labute approximate surface area is 116 Å². The van der Waals surface area contributed by atoms with Crippen LogP contribution in [-0.2, 0) is 0 Å². The summed E-state index contributed by atoms with van der Waals surface area (Å²) < 4.78 is 13.1. The molecule has 2 nitrogen and oxygen atoms in total. The van der Waals surface area contributed by atoms with Gasteiger partial charge in [0, 0.05) is 19.1 Å². The zero-order chi connectivity index (χ0) is 13.7. The molecule has 0 radical (unpaired) electrons. The van der Waals surface area contributed by atoms with Crippen LogP contribution in [0.1, 0.15) is 38.2 Å². The summed E-state index contributed by atoms with van der Waals surface area (Å²) >= 11 is 0. The lowest BCUT2D eigenvalue weighted by molar-refractivity contribution is 0.255. The monoisotopic (exact) mass is 264 g/mol. The van der Waals surface area contributed by atoms with Gasteiger partial charge in [-0.15, -0.1) is 0 Å². The van der Waals surface area contributed by atoms with E-state index in [1.165, 1.54) is 6.07 Å². The van der Waals surface area contributed by atoms with Gasteiger partial charge in [-0.2, -0.15) is 0 Å². The predicted octanol–water partition coefficient (Wildman–Crippen LogP) is 3.00. The van der Waals surface area contributed by atoms with Crippen molar-refractivity contribution in [2.24, 2.45) is 0 Å². The molecule has 19 heavy (non-hydrogen) atoms. The maximum absolute atomic E-state index is 13.1. The fourth-order valence-electron chi connectivity index (χ4n) is 2.78. The molecule has 0 heterocycles.